The zero-order valence-electron chi connectivity index (χ0n) is 33.1. The van der Waals surface area contributed by atoms with E-state index < -0.39 is 90.5 Å². The number of nitrogens with one attached hydrogen (secondary N) is 7. The van der Waals surface area contributed by atoms with Gasteiger partial charge in [-0.15, -0.1) is 0 Å². The highest BCUT2D eigenvalue weighted by atomic mass is 33.1. The van der Waals surface area contributed by atoms with E-state index in [1.54, 1.807) is 6.20 Å². The second kappa shape index (κ2) is 23.8. The highest BCUT2D eigenvalue weighted by Gasteiger charge is 2.35. The van der Waals surface area contributed by atoms with E-state index in [1.165, 1.54) is 24.6 Å². The van der Waals surface area contributed by atoms with E-state index in [1.807, 2.05) is 54.6 Å². The summed E-state index contributed by atoms with van der Waals surface area (Å²) in [5.74, 6) is -4.04. The normalized spacial score (nSPS) is 23.4. The van der Waals surface area contributed by atoms with Gasteiger partial charge in [0.1, 0.15) is 30.2 Å². The van der Waals surface area contributed by atoms with E-state index >= 15 is 0 Å². The van der Waals surface area contributed by atoms with Crippen LogP contribution in [0, 0.1) is 0 Å². The Hall–Kier alpha value is -4.66. The Bertz CT molecular complexity index is 1860. The topological polar surface area (TPSA) is 277 Å². The van der Waals surface area contributed by atoms with E-state index in [-0.39, 0.29) is 37.2 Å². The van der Waals surface area contributed by atoms with E-state index in [2.05, 4.69) is 36.9 Å². The Morgan fingerprint density at radius 1 is 0.814 bits per heavy atom. The van der Waals surface area contributed by atoms with Gasteiger partial charge >= 0.3 is 0 Å². The summed E-state index contributed by atoms with van der Waals surface area (Å²) in [6.07, 6.45) is 0.244. The third kappa shape index (κ3) is 14.5. The highest BCUT2D eigenvalue weighted by Crippen LogP contribution is 2.24. The van der Waals surface area contributed by atoms with Crippen LogP contribution in [0.25, 0.3) is 10.9 Å². The van der Waals surface area contributed by atoms with Gasteiger partial charge < -0.3 is 57.9 Å². The first-order chi connectivity index (χ1) is 28.3. The molecular formula is C40H56N8O9S2. The van der Waals surface area contributed by atoms with E-state index in [4.69, 9.17) is 5.73 Å². The van der Waals surface area contributed by atoms with Crippen LogP contribution in [0.3, 0.4) is 0 Å². The molecule has 1 aromatic heterocycles. The molecule has 0 aliphatic carbocycles. The van der Waals surface area contributed by atoms with E-state index in [9.17, 15) is 44.1 Å². The predicted molar refractivity (Wildman–Crippen MR) is 227 cm³/mol. The maximum absolute atomic E-state index is 14.3. The zero-order valence-corrected chi connectivity index (χ0v) is 34.8. The Kier molecular flexibility index (Phi) is 19.0. The van der Waals surface area contributed by atoms with Crippen LogP contribution in [-0.4, -0.2) is 129 Å². The quantitative estimate of drug-likeness (QED) is 0.0770. The fourth-order valence-corrected chi connectivity index (χ4v) is 8.53. The molecule has 1 aliphatic rings. The molecule has 59 heavy (non-hydrogen) atoms. The molecule has 6 amide bonds. The summed E-state index contributed by atoms with van der Waals surface area (Å²) in [5.41, 5.74) is 8.02. The average molecular weight is 857 g/mol. The summed E-state index contributed by atoms with van der Waals surface area (Å²) in [5, 5.41) is 47.3. The molecule has 3 aromatic rings. The first-order valence-corrected chi connectivity index (χ1v) is 22.1. The molecule has 1 saturated heterocycles. The van der Waals surface area contributed by atoms with Crippen molar-refractivity contribution in [3.05, 3.63) is 71.9 Å². The number of aliphatic hydroxyl groups excluding tert-OH is 3. The molecule has 1 fully saturated rings. The number of para-hydroxylation sites is 1. The van der Waals surface area contributed by atoms with Crippen LogP contribution in [0.4, 0.5) is 0 Å². The number of hydrogen-bond donors (Lipinski definition) is 11. The van der Waals surface area contributed by atoms with Crippen LogP contribution in [-0.2, 0) is 41.6 Å². The summed E-state index contributed by atoms with van der Waals surface area (Å²) in [7, 11) is 2.39. The van der Waals surface area contributed by atoms with Crippen LogP contribution in [0.1, 0.15) is 50.7 Å². The minimum atomic E-state index is -1.58. The van der Waals surface area contributed by atoms with Gasteiger partial charge in [0, 0.05) is 47.9 Å². The van der Waals surface area contributed by atoms with Gasteiger partial charge in [0.15, 0.2) is 0 Å². The third-order valence-electron chi connectivity index (χ3n) is 9.78. The highest BCUT2D eigenvalue weighted by molar-refractivity contribution is 8.76. The number of aromatic nitrogens is 1. The second-order valence-corrected chi connectivity index (χ2v) is 17.1. The molecule has 1 aliphatic heterocycles. The molecule has 322 valence electrons. The summed E-state index contributed by atoms with van der Waals surface area (Å²) in [6.45, 7) is 2.38. The van der Waals surface area contributed by atoms with Crippen molar-refractivity contribution < 1.29 is 44.1 Å². The van der Waals surface area contributed by atoms with Crippen molar-refractivity contribution in [3.8, 4) is 0 Å². The zero-order chi connectivity index (χ0) is 42.9. The minimum Gasteiger partial charge on any atom is -0.394 e. The molecule has 4 rings (SSSR count). The molecule has 19 heteroatoms. The summed E-state index contributed by atoms with van der Waals surface area (Å²) in [6, 6.07) is 9.06. The second-order valence-electron chi connectivity index (χ2n) is 14.5. The lowest BCUT2D eigenvalue weighted by molar-refractivity contribution is -0.136. The van der Waals surface area contributed by atoms with Gasteiger partial charge in [0.05, 0.1) is 24.9 Å². The molecule has 2 aromatic carbocycles. The van der Waals surface area contributed by atoms with Crippen LogP contribution in [0.5, 0.6) is 0 Å². The van der Waals surface area contributed by atoms with Gasteiger partial charge in [-0.25, -0.2) is 0 Å². The lowest BCUT2D eigenvalue weighted by Crippen LogP contribution is -2.62. The Balaban J connectivity index is 1.71. The third-order valence-corrected chi connectivity index (χ3v) is 12.2. The molecular weight excluding hydrogens is 801 g/mol. The lowest BCUT2D eigenvalue weighted by Gasteiger charge is -2.29. The fourth-order valence-electron chi connectivity index (χ4n) is 6.38. The predicted octanol–water partition coefficient (Wildman–Crippen LogP) is -0.470. The number of nitrogens with two attached hydrogens (primary N) is 1. The maximum Gasteiger partial charge on any atom is 0.245 e. The molecule has 12 N–H and O–H groups in total. The number of fused-ring (bicyclic) bond motifs is 1. The molecule has 0 radical (unpaired) electrons. The van der Waals surface area contributed by atoms with Gasteiger partial charge in [-0.3, -0.25) is 28.8 Å². The maximum atomic E-state index is 14.3. The number of hydrogen-bond acceptors (Lipinski definition) is 12. The van der Waals surface area contributed by atoms with Gasteiger partial charge in [-0.2, -0.15) is 0 Å². The number of benzene rings is 2. The van der Waals surface area contributed by atoms with Crippen molar-refractivity contribution in [2.75, 3.05) is 24.7 Å². The van der Waals surface area contributed by atoms with Crippen molar-refractivity contribution >= 4 is 67.9 Å². The van der Waals surface area contributed by atoms with Crippen LogP contribution >= 0.6 is 21.6 Å². The summed E-state index contributed by atoms with van der Waals surface area (Å²) >= 11 is 0. The number of aromatic amines is 1. The number of aliphatic hydroxyl groups is 3. The van der Waals surface area contributed by atoms with Crippen molar-refractivity contribution in [2.24, 2.45) is 5.73 Å². The molecule has 17 nitrogen and oxygen atoms in total. The summed E-state index contributed by atoms with van der Waals surface area (Å²) < 4.78 is 0. The van der Waals surface area contributed by atoms with Crippen molar-refractivity contribution in [1.82, 2.24) is 36.9 Å². The van der Waals surface area contributed by atoms with Gasteiger partial charge in [-0.05, 0) is 56.8 Å². The van der Waals surface area contributed by atoms with Crippen molar-refractivity contribution in [1.29, 1.82) is 0 Å². The number of H-pyrrole nitrogens is 1. The van der Waals surface area contributed by atoms with Gasteiger partial charge in [0.25, 0.3) is 0 Å². The number of carbonyl (C=O) groups excluding carboxylic acids is 6. The van der Waals surface area contributed by atoms with Gasteiger partial charge in [-0.1, -0.05) is 70.1 Å². The number of unbranched alkanes of at least 4 members (excludes halogenated alkanes) is 1. The van der Waals surface area contributed by atoms with Crippen molar-refractivity contribution in [3.63, 3.8) is 0 Å². The monoisotopic (exact) mass is 856 g/mol. The molecule has 1 unspecified atom stereocenters. The lowest BCUT2D eigenvalue weighted by atomic mass is 10.0. The minimum absolute atomic E-state index is 0.00689. The smallest absolute Gasteiger partial charge is 0.245 e. The largest absolute Gasteiger partial charge is 0.394 e. The fraction of sp³-hybridized carbons (Fsp3) is 0.500. The van der Waals surface area contributed by atoms with Crippen LogP contribution in [0.2, 0.25) is 0 Å². The van der Waals surface area contributed by atoms with Crippen LogP contribution < -0.4 is 37.6 Å². The molecule has 0 bridgehead atoms. The first kappa shape index (κ1) is 47.0. The first-order valence-electron chi connectivity index (χ1n) is 19.6. The van der Waals surface area contributed by atoms with Crippen molar-refractivity contribution in [2.45, 2.75) is 101 Å². The molecule has 2 heterocycles. The Labute approximate surface area is 350 Å². The Morgan fingerprint density at radius 2 is 1.47 bits per heavy atom. The summed E-state index contributed by atoms with van der Waals surface area (Å²) in [4.78, 5) is 86.1. The number of rotatable bonds is 13. The molecule has 0 saturated carbocycles. The standard InChI is InChI=1S/C40H56N8O9S2/c1-23(50)32(21-49)46-39(56)33-22-59-58-17-15-34(52)43-30(18-25-10-4-3-5-11-25)37(54)45-31(19-26-20-42-28-13-7-6-12-27(26)28)38(55)44-29(14-8-9-16-41)36(53)48-35(24(2)51)40(57)47-33/h3-7,10-13,20,23-24,29-33,35,42,49-51H,8-9,14-19,21-22,41H2,1-2H3,(H,43,52)(H,44,55)(H,45,54)(H,46,56)(H,47,57)(H,48,53)/t23-,24-,29?,30+,31-,32-,33+,35+/m1/s1. The molecule has 8 atom stereocenters. The number of amides is 6. The number of carbonyl (C=O) groups is 6. The van der Waals surface area contributed by atoms with E-state index in [0.29, 0.717) is 24.9 Å². The Morgan fingerprint density at radius 3 is 2.15 bits per heavy atom. The average Bonchev–Trinajstić information content (AvgIpc) is 3.62. The van der Waals surface area contributed by atoms with Crippen LogP contribution in [0.15, 0.2) is 60.8 Å². The van der Waals surface area contributed by atoms with E-state index in [0.717, 1.165) is 27.3 Å². The van der Waals surface area contributed by atoms with Gasteiger partial charge in [0.2, 0.25) is 35.4 Å². The molecule has 0 spiro atoms. The SMILES string of the molecule is C[C@@H](O)[C@@H]1NC(=O)C(CCCCN)NC(=O)[C@@H](Cc2c[nH]c3ccccc23)NC(=O)[C@H](Cc2ccccc2)NC(=O)CCSSC[C@@H](C(=O)N[C@H](CO)[C@@H](C)O)NC1=O.